The van der Waals surface area contributed by atoms with Crippen LogP contribution >= 0.6 is 0 Å². The molecule has 2 aliphatic rings. The summed E-state index contributed by atoms with van der Waals surface area (Å²) in [6.07, 6.45) is 4.08. The van der Waals surface area contributed by atoms with E-state index in [9.17, 15) is 13.2 Å². The summed E-state index contributed by atoms with van der Waals surface area (Å²) in [6, 6.07) is 1.87. The second-order valence-electron chi connectivity index (χ2n) is 7.32. The van der Waals surface area contributed by atoms with Gasteiger partial charge in [-0.25, -0.2) is 9.97 Å². The predicted octanol–water partition coefficient (Wildman–Crippen LogP) is 2.53. The molecule has 32 heavy (non-hydrogen) atoms. The molecular formula is C20H22F3N9. The number of hydrogen-bond donors (Lipinski definition) is 2. The van der Waals surface area contributed by atoms with E-state index in [2.05, 4.69) is 54.0 Å². The SMILES string of the molecule is C=N/C=C(/c1nccc(N2CCNC(C)C2c2cn[nH]c2)n1)N1C=C(C(F)(F)F)N=CC1. The normalized spacial score (nSPS) is 22.1. The lowest BCUT2D eigenvalue weighted by atomic mass is 9.99. The first-order chi connectivity index (χ1) is 15.4. The Labute approximate surface area is 182 Å². The van der Waals surface area contributed by atoms with Crippen LogP contribution in [0.2, 0.25) is 0 Å². The Bertz CT molecular complexity index is 1040. The van der Waals surface area contributed by atoms with E-state index >= 15 is 0 Å². The first-order valence-corrected chi connectivity index (χ1v) is 9.95. The fraction of sp³-hybridized carbons (Fsp3) is 0.350. The number of aromatic nitrogens is 4. The molecular weight excluding hydrogens is 423 g/mol. The molecule has 168 valence electrons. The maximum atomic E-state index is 13.2. The quantitative estimate of drug-likeness (QED) is 0.687. The second-order valence-corrected chi connectivity index (χ2v) is 7.32. The van der Waals surface area contributed by atoms with Gasteiger partial charge in [-0.3, -0.25) is 15.1 Å². The average molecular weight is 445 g/mol. The van der Waals surface area contributed by atoms with Gasteiger partial charge < -0.3 is 15.1 Å². The van der Waals surface area contributed by atoms with Gasteiger partial charge in [0.05, 0.1) is 25.0 Å². The molecule has 1 fully saturated rings. The van der Waals surface area contributed by atoms with Gasteiger partial charge >= 0.3 is 6.18 Å². The van der Waals surface area contributed by atoms with Gasteiger partial charge in [-0.1, -0.05) is 0 Å². The van der Waals surface area contributed by atoms with Crippen LogP contribution in [0.1, 0.15) is 24.4 Å². The van der Waals surface area contributed by atoms with Crippen molar-refractivity contribution in [2.75, 3.05) is 24.5 Å². The Kier molecular flexibility index (Phi) is 6.04. The van der Waals surface area contributed by atoms with Crippen LogP contribution in [0.5, 0.6) is 0 Å². The largest absolute Gasteiger partial charge is 0.434 e. The first-order valence-electron chi connectivity index (χ1n) is 9.95. The fourth-order valence-electron chi connectivity index (χ4n) is 3.84. The summed E-state index contributed by atoms with van der Waals surface area (Å²) in [4.78, 5) is 19.7. The van der Waals surface area contributed by atoms with E-state index in [-0.39, 0.29) is 30.1 Å². The van der Waals surface area contributed by atoms with Crippen LogP contribution in [-0.4, -0.2) is 69.8 Å². The van der Waals surface area contributed by atoms with Crippen molar-refractivity contribution in [3.63, 3.8) is 0 Å². The number of allylic oxidation sites excluding steroid dienone is 1. The third-order valence-corrected chi connectivity index (χ3v) is 5.25. The van der Waals surface area contributed by atoms with E-state index in [0.717, 1.165) is 18.3 Å². The molecule has 0 aliphatic carbocycles. The standard InChI is InChI=1S/C20H22F3N9/c1-13-18(14-9-28-29-10-14)32(8-6-25-13)17-3-4-27-19(30-17)15(11-24-2)31-7-5-26-16(12-31)20(21,22)23/h3-5,9-13,18,25H,2,6-8H2,1H3,(H,28,29)/b15-11-. The molecule has 4 heterocycles. The summed E-state index contributed by atoms with van der Waals surface area (Å²) in [5.41, 5.74) is 0.280. The van der Waals surface area contributed by atoms with Gasteiger partial charge in [0.25, 0.3) is 0 Å². The van der Waals surface area contributed by atoms with E-state index in [1.54, 1.807) is 18.5 Å². The van der Waals surface area contributed by atoms with Gasteiger partial charge in [-0.15, -0.1) is 0 Å². The fourth-order valence-corrected chi connectivity index (χ4v) is 3.84. The van der Waals surface area contributed by atoms with E-state index in [4.69, 9.17) is 0 Å². The van der Waals surface area contributed by atoms with Crippen molar-refractivity contribution in [2.24, 2.45) is 9.98 Å². The topological polar surface area (TPSA) is 97.7 Å². The molecule has 0 amide bonds. The lowest BCUT2D eigenvalue weighted by Crippen LogP contribution is -2.51. The Morgan fingerprint density at radius 2 is 2.22 bits per heavy atom. The molecule has 0 radical (unpaired) electrons. The summed E-state index contributed by atoms with van der Waals surface area (Å²) >= 11 is 0. The summed E-state index contributed by atoms with van der Waals surface area (Å²) in [5, 5.41) is 10.4. The Hall–Kier alpha value is -3.54. The molecule has 2 aliphatic heterocycles. The number of aromatic amines is 1. The lowest BCUT2D eigenvalue weighted by Gasteiger charge is -2.41. The van der Waals surface area contributed by atoms with Crippen LogP contribution < -0.4 is 10.2 Å². The van der Waals surface area contributed by atoms with Crippen molar-refractivity contribution in [2.45, 2.75) is 25.2 Å². The smallest absolute Gasteiger partial charge is 0.346 e. The van der Waals surface area contributed by atoms with Crippen molar-refractivity contribution in [1.82, 2.24) is 30.4 Å². The number of H-pyrrole nitrogens is 1. The monoisotopic (exact) mass is 445 g/mol. The number of piperazine rings is 1. The molecule has 0 spiro atoms. The predicted molar refractivity (Wildman–Crippen MR) is 115 cm³/mol. The van der Waals surface area contributed by atoms with Crippen LogP contribution in [0.25, 0.3) is 5.70 Å². The average Bonchev–Trinajstić information content (AvgIpc) is 3.31. The van der Waals surface area contributed by atoms with Crippen molar-refractivity contribution >= 4 is 24.4 Å². The van der Waals surface area contributed by atoms with Gasteiger partial charge in [-0.2, -0.15) is 18.3 Å². The number of anilines is 1. The zero-order chi connectivity index (χ0) is 22.7. The van der Waals surface area contributed by atoms with E-state index in [0.29, 0.717) is 12.4 Å². The van der Waals surface area contributed by atoms with Gasteiger partial charge in [-0.05, 0) is 19.7 Å². The highest BCUT2D eigenvalue weighted by molar-refractivity contribution is 5.70. The highest BCUT2D eigenvalue weighted by Gasteiger charge is 2.36. The molecule has 2 atom stereocenters. The van der Waals surface area contributed by atoms with Crippen LogP contribution in [0, 0.1) is 0 Å². The minimum Gasteiger partial charge on any atom is -0.346 e. The number of rotatable bonds is 5. The molecule has 2 unspecified atom stereocenters. The zero-order valence-electron chi connectivity index (χ0n) is 17.3. The van der Waals surface area contributed by atoms with Crippen molar-refractivity contribution in [1.29, 1.82) is 0 Å². The Morgan fingerprint density at radius 3 is 2.94 bits per heavy atom. The van der Waals surface area contributed by atoms with Gasteiger partial charge in [0.2, 0.25) is 0 Å². The number of nitrogens with one attached hydrogen (secondary N) is 2. The molecule has 2 aromatic heterocycles. The Morgan fingerprint density at radius 1 is 1.38 bits per heavy atom. The maximum Gasteiger partial charge on any atom is 0.434 e. The molecule has 4 rings (SSSR count). The minimum atomic E-state index is -4.57. The minimum absolute atomic E-state index is 0.0333. The number of aliphatic imine (C=N–C) groups is 2. The van der Waals surface area contributed by atoms with E-state index in [1.807, 2.05) is 6.20 Å². The second kappa shape index (κ2) is 8.91. The van der Waals surface area contributed by atoms with Crippen LogP contribution in [0.4, 0.5) is 19.0 Å². The molecule has 12 heteroatoms. The summed E-state index contributed by atoms with van der Waals surface area (Å²) < 4.78 is 39.5. The number of alkyl halides is 3. The molecule has 2 aromatic rings. The van der Waals surface area contributed by atoms with E-state index in [1.165, 1.54) is 17.3 Å². The van der Waals surface area contributed by atoms with Crippen molar-refractivity contribution in [3.8, 4) is 0 Å². The molecule has 0 saturated carbocycles. The van der Waals surface area contributed by atoms with Crippen LogP contribution in [-0.2, 0) is 0 Å². The molecule has 0 aromatic carbocycles. The van der Waals surface area contributed by atoms with Crippen molar-refractivity contribution < 1.29 is 13.2 Å². The summed E-state index contributed by atoms with van der Waals surface area (Å²) in [7, 11) is 0. The molecule has 9 nitrogen and oxygen atoms in total. The third kappa shape index (κ3) is 4.40. The Balaban J connectivity index is 1.69. The highest BCUT2D eigenvalue weighted by Crippen LogP contribution is 2.32. The van der Waals surface area contributed by atoms with Crippen LogP contribution in [0.15, 0.2) is 52.7 Å². The molecule has 0 bridgehead atoms. The third-order valence-electron chi connectivity index (χ3n) is 5.25. The van der Waals surface area contributed by atoms with Gasteiger partial charge in [0.1, 0.15) is 11.5 Å². The van der Waals surface area contributed by atoms with E-state index < -0.39 is 11.9 Å². The molecule has 2 N–H and O–H groups in total. The number of nitrogens with zero attached hydrogens (tertiary/aromatic N) is 7. The van der Waals surface area contributed by atoms with Crippen molar-refractivity contribution in [3.05, 3.63) is 54.1 Å². The maximum absolute atomic E-state index is 13.2. The zero-order valence-corrected chi connectivity index (χ0v) is 17.3. The number of hydrogen-bond acceptors (Lipinski definition) is 8. The van der Waals surface area contributed by atoms with Gasteiger partial charge in [0, 0.05) is 49.5 Å². The summed E-state index contributed by atoms with van der Waals surface area (Å²) in [5.74, 6) is 0.885. The number of halogens is 3. The molecule has 1 saturated heterocycles. The first kappa shape index (κ1) is 21.7. The van der Waals surface area contributed by atoms with Crippen LogP contribution in [0.3, 0.4) is 0 Å². The highest BCUT2D eigenvalue weighted by atomic mass is 19.4. The van der Waals surface area contributed by atoms with Gasteiger partial charge in [0.15, 0.2) is 11.5 Å². The lowest BCUT2D eigenvalue weighted by molar-refractivity contribution is -0.0934. The summed E-state index contributed by atoms with van der Waals surface area (Å²) in [6.45, 7) is 7.08.